The molecule has 0 spiro atoms. The second kappa shape index (κ2) is 11.0. The summed E-state index contributed by atoms with van der Waals surface area (Å²) >= 11 is 12.4. The first-order chi connectivity index (χ1) is 21.6. The number of nitrogens with zero attached hydrogens (tertiary/aromatic N) is 2. The van der Waals surface area contributed by atoms with Crippen molar-refractivity contribution in [2.75, 3.05) is 20.3 Å². The number of aryl methyl sites for hydroxylation is 1. The zero-order valence-electron chi connectivity index (χ0n) is 24.7. The Bertz CT molecular complexity index is 1970. The fourth-order valence-electron chi connectivity index (χ4n) is 5.61. The minimum atomic E-state index is -2.46. The summed E-state index contributed by atoms with van der Waals surface area (Å²) in [6, 6.07) is 7.87. The van der Waals surface area contributed by atoms with E-state index in [1.165, 1.54) is 32.2 Å². The maximum absolute atomic E-state index is 16.2. The number of rotatable bonds is 8. The lowest BCUT2D eigenvalue weighted by molar-refractivity contribution is -0.123. The number of methoxy groups -OCH3 is 1. The third kappa shape index (κ3) is 4.90. The third-order valence-corrected chi connectivity index (χ3v) is 9.51. The summed E-state index contributed by atoms with van der Waals surface area (Å²) in [4.78, 5) is 34.9. The Balaban J connectivity index is 1.45. The monoisotopic (exact) mass is 674 g/mol. The zero-order valence-corrected chi connectivity index (χ0v) is 26.2. The van der Waals surface area contributed by atoms with Crippen LogP contribution < -0.4 is 20.5 Å². The van der Waals surface area contributed by atoms with Crippen molar-refractivity contribution in [1.82, 2.24) is 15.3 Å². The van der Waals surface area contributed by atoms with Crippen molar-refractivity contribution < 1.29 is 37.3 Å². The summed E-state index contributed by atoms with van der Waals surface area (Å²) in [7, 11) is 1.42. The Kier molecular flexibility index (Phi) is 7.61. The summed E-state index contributed by atoms with van der Waals surface area (Å²) in [5.74, 6) is -3.78. The molecular weight excluding hydrogens is 648 g/mol. The van der Waals surface area contributed by atoms with E-state index in [0.29, 0.717) is 27.4 Å². The molecule has 0 radical (unpaired) electrons. The van der Waals surface area contributed by atoms with Crippen LogP contribution in [0, 0.1) is 18.6 Å². The summed E-state index contributed by atoms with van der Waals surface area (Å²) in [5, 5.41) is 14.9. The van der Waals surface area contributed by atoms with Gasteiger partial charge in [-0.3, -0.25) is 9.59 Å². The normalized spacial score (nSPS) is 19.2. The number of hydrogen-bond donors (Lipinski definition) is 3. The van der Waals surface area contributed by atoms with Crippen LogP contribution in [-0.4, -0.2) is 52.8 Å². The number of halogens is 5. The van der Waals surface area contributed by atoms with Crippen LogP contribution in [0.4, 0.5) is 13.2 Å². The average Bonchev–Trinajstić information content (AvgIpc) is 3.70. The predicted octanol–water partition coefficient (Wildman–Crippen LogP) is 5.45. The van der Waals surface area contributed by atoms with Gasteiger partial charge in [-0.05, 0) is 63.1 Å². The molecule has 9 nitrogen and oxygen atoms in total. The number of benzene rings is 2. The Morgan fingerprint density at radius 2 is 1.89 bits per heavy atom. The predicted molar refractivity (Wildman–Crippen MR) is 164 cm³/mol. The fourth-order valence-corrected chi connectivity index (χ4v) is 6.01. The molecule has 1 saturated carbocycles. The molecular formula is C32H27Cl2F3N4O5. The average molecular weight is 675 g/mol. The minimum Gasteiger partial charge on any atom is -0.494 e. The van der Waals surface area contributed by atoms with Crippen LogP contribution in [-0.2, 0) is 15.8 Å². The van der Waals surface area contributed by atoms with Crippen LogP contribution in [0.5, 0.6) is 11.5 Å². The van der Waals surface area contributed by atoms with E-state index in [1.807, 2.05) is 0 Å². The summed E-state index contributed by atoms with van der Waals surface area (Å²) in [6.07, 6.45) is -0.146. The molecule has 6 rings (SSSR count). The lowest BCUT2D eigenvalue weighted by atomic mass is 9.80. The number of ether oxygens (including phenoxy) is 2. The highest BCUT2D eigenvalue weighted by Gasteiger charge is 2.62. The summed E-state index contributed by atoms with van der Waals surface area (Å²) in [5.41, 5.74) is 0.244. The number of carbonyl (C=O) groups is 2. The molecule has 2 atom stereocenters. The maximum atomic E-state index is 16.2. The van der Waals surface area contributed by atoms with Gasteiger partial charge in [-0.15, -0.1) is 0 Å². The molecule has 0 bridgehead atoms. The molecule has 2 aromatic heterocycles. The minimum absolute atomic E-state index is 0.0150. The molecule has 1 fully saturated rings. The molecule has 46 heavy (non-hydrogen) atoms. The summed E-state index contributed by atoms with van der Waals surface area (Å²) < 4.78 is 56.0. The molecule has 2 aliphatic rings. The van der Waals surface area contributed by atoms with Crippen molar-refractivity contribution in [2.45, 2.75) is 43.4 Å². The van der Waals surface area contributed by atoms with Gasteiger partial charge in [0, 0.05) is 22.1 Å². The topological polar surface area (TPSA) is 137 Å². The van der Waals surface area contributed by atoms with Crippen LogP contribution in [0.15, 0.2) is 36.4 Å². The van der Waals surface area contributed by atoms with E-state index in [0.717, 1.165) is 12.1 Å². The van der Waals surface area contributed by atoms with Gasteiger partial charge in [0.1, 0.15) is 40.4 Å². The van der Waals surface area contributed by atoms with Gasteiger partial charge in [0.2, 0.25) is 5.91 Å². The fraction of sp³-hybridized carbons (Fsp3) is 0.312. The highest BCUT2D eigenvalue weighted by molar-refractivity contribution is 6.33. The number of carbonyl (C=O) groups excluding carboxylic acids is 2. The van der Waals surface area contributed by atoms with Gasteiger partial charge in [-0.1, -0.05) is 23.2 Å². The standard InChI is InChI=1S/C32H27Cl2F3N4O5/c1-14-19(33)9-15-8-16(10-21(45-3)25(15)40-14)28(42)39-12-32(44,31(37)6-7-31)22-11-18-27(46-13-30(18,2)29(38)43)26(41-22)17-4-5-20(35)24(36)23(17)34/h4-5,8-11,44H,6-7,12-13H2,1-3H3,(H2,38,43)(H,39,42)/t30-,32-/m0/s1. The molecule has 0 unspecified atom stereocenters. The lowest BCUT2D eigenvalue weighted by Gasteiger charge is -2.33. The van der Waals surface area contributed by atoms with Gasteiger partial charge >= 0.3 is 0 Å². The smallest absolute Gasteiger partial charge is 0.251 e. The Morgan fingerprint density at radius 3 is 2.54 bits per heavy atom. The van der Waals surface area contributed by atoms with Crippen LogP contribution in [0.1, 0.15) is 47.1 Å². The number of hydrogen-bond acceptors (Lipinski definition) is 7. The molecule has 2 aromatic carbocycles. The van der Waals surface area contributed by atoms with Crippen molar-refractivity contribution >= 4 is 45.9 Å². The van der Waals surface area contributed by atoms with E-state index < -0.39 is 51.7 Å². The summed E-state index contributed by atoms with van der Waals surface area (Å²) in [6.45, 7) is 2.31. The number of amides is 2. The second-order valence-corrected chi connectivity index (χ2v) is 12.5. The van der Waals surface area contributed by atoms with Crippen LogP contribution >= 0.6 is 23.2 Å². The highest BCUT2D eigenvalue weighted by atomic mass is 35.5. The number of aromatic nitrogens is 2. The van der Waals surface area contributed by atoms with E-state index in [4.69, 9.17) is 38.4 Å². The van der Waals surface area contributed by atoms with Gasteiger partial charge in [0.15, 0.2) is 17.2 Å². The Morgan fingerprint density at radius 1 is 1.17 bits per heavy atom. The number of aliphatic hydroxyl groups is 1. The first kappa shape index (κ1) is 31.8. The van der Waals surface area contributed by atoms with Gasteiger partial charge in [0.25, 0.3) is 5.91 Å². The maximum Gasteiger partial charge on any atom is 0.251 e. The van der Waals surface area contributed by atoms with Crippen molar-refractivity contribution in [3.05, 3.63) is 80.6 Å². The molecule has 4 aromatic rings. The Hall–Kier alpha value is -4.13. The van der Waals surface area contributed by atoms with E-state index in [1.54, 1.807) is 13.0 Å². The van der Waals surface area contributed by atoms with E-state index >= 15 is 4.39 Å². The first-order valence-corrected chi connectivity index (χ1v) is 14.9. The number of alkyl halides is 1. The number of nitrogens with one attached hydrogen (secondary N) is 1. The SMILES string of the molecule is COc1cc(C(=O)NC[C@](O)(c2cc3c(c(-c4ccc(F)c(F)c4Cl)n2)OC[C@]3(C)C(N)=O)C2(F)CC2)cc2cc(Cl)c(C)nc12. The number of fused-ring (bicyclic) bond motifs is 2. The zero-order chi connectivity index (χ0) is 33.3. The van der Waals surface area contributed by atoms with Crippen LogP contribution in [0.2, 0.25) is 10.0 Å². The van der Waals surface area contributed by atoms with Gasteiger partial charge in [-0.25, -0.2) is 23.1 Å². The van der Waals surface area contributed by atoms with Crippen molar-refractivity contribution in [3.63, 3.8) is 0 Å². The van der Waals surface area contributed by atoms with Crippen LogP contribution in [0.3, 0.4) is 0 Å². The largest absolute Gasteiger partial charge is 0.494 e. The van der Waals surface area contributed by atoms with Crippen molar-refractivity contribution in [1.29, 1.82) is 0 Å². The van der Waals surface area contributed by atoms with Gasteiger partial charge < -0.3 is 25.6 Å². The number of nitrogens with two attached hydrogens (primary N) is 1. The molecule has 240 valence electrons. The lowest BCUT2D eigenvalue weighted by Crippen LogP contribution is -2.49. The second-order valence-electron chi connectivity index (χ2n) is 11.8. The molecule has 1 aliphatic heterocycles. The number of pyridine rings is 2. The van der Waals surface area contributed by atoms with E-state index in [2.05, 4.69) is 15.3 Å². The Labute approximate surface area is 270 Å². The quantitative estimate of drug-likeness (QED) is 0.211. The molecule has 3 heterocycles. The number of primary amides is 1. The van der Waals surface area contributed by atoms with Gasteiger partial charge in [0.05, 0.1) is 35.1 Å². The molecule has 2 amide bonds. The molecule has 1 aliphatic carbocycles. The first-order valence-electron chi connectivity index (χ1n) is 14.1. The highest BCUT2D eigenvalue weighted by Crippen LogP contribution is 2.55. The van der Waals surface area contributed by atoms with E-state index in [9.17, 15) is 23.5 Å². The van der Waals surface area contributed by atoms with Crippen molar-refractivity contribution in [2.24, 2.45) is 5.73 Å². The van der Waals surface area contributed by atoms with Crippen LogP contribution in [0.25, 0.3) is 22.2 Å². The third-order valence-electron chi connectivity index (χ3n) is 8.76. The van der Waals surface area contributed by atoms with Crippen molar-refractivity contribution in [3.8, 4) is 22.8 Å². The molecule has 4 N–H and O–H groups in total. The van der Waals surface area contributed by atoms with E-state index in [-0.39, 0.29) is 53.3 Å². The molecule has 14 heteroatoms. The van der Waals surface area contributed by atoms with Gasteiger partial charge in [-0.2, -0.15) is 0 Å². The molecule has 0 saturated heterocycles.